The van der Waals surface area contributed by atoms with Gasteiger partial charge in [-0.2, -0.15) is 8.78 Å². The maximum absolute atomic E-state index is 12.7. The third-order valence-corrected chi connectivity index (χ3v) is 1.60. The standard InChI is InChI=1S/C8H8F2N2O2/c1-8(9,10)5-3-2-4(7(13)14)6(11)12-5/h2-3H,1H3,(H2,11,12)(H,13,14). The molecule has 0 amide bonds. The zero-order chi connectivity index (χ0) is 10.9. The second kappa shape index (κ2) is 3.21. The molecule has 0 saturated heterocycles. The van der Waals surface area contributed by atoms with Crippen molar-refractivity contribution in [3.63, 3.8) is 0 Å². The molecule has 0 aromatic carbocycles. The minimum Gasteiger partial charge on any atom is -0.478 e. The van der Waals surface area contributed by atoms with Gasteiger partial charge in [-0.15, -0.1) is 0 Å². The van der Waals surface area contributed by atoms with Crippen molar-refractivity contribution in [2.45, 2.75) is 12.8 Å². The van der Waals surface area contributed by atoms with Gasteiger partial charge in [0.1, 0.15) is 17.1 Å². The quantitative estimate of drug-likeness (QED) is 0.761. The maximum atomic E-state index is 12.7. The molecule has 1 aromatic rings. The Bertz CT molecular complexity index is 374. The number of carboxylic acids is 1. The van der Waals surface area contributed by atoms with Gasteiger partial charge in [-0.1, -0.05) is 0 Å². The molecule has 0 aliphatic carbocycles. The van der Waals surface area contributed by atoms with Gasteiger partial charge in [0, 0.05) is 6.92 Å². The van der Waals surface area contributed by atoms with Crippen molar-refractivity contribution in [3.05, 3.63) is 23.4 Å². The number of halogens is 2. The van der Waals surface area contributed by atoms with E-state index >= 15 is 0 Å². The van der Waals surface area contributed by atoms with Gasteiger partial charge < -0.3 is 10.8 Å². The molecule has 0 aliphatic rings. The summed E-state index contributed by atoms with van der Waals surface area (Å²) in [5.74, 6) is -4.82. The monoisotopic (exact) mass is 202 g/mol. The first-order valence-corrected chi connectivity index (χ1v) is 3.70. The lowest BCUT2D eigenvalue weighted by atomic mass is 10.2. The van der Waals surface area contributed by atoms with Crippen LogP contribution in [-0.2, 0) is 5.92 Å². The fourth-order valence-electron chi connectivity index (χ4n) is 0.900. The van der Waals surface area contributed by atoms with Crippen LogP contribution in [-0.4, -0.2) is 16.1 Å². The van der Waals surface area contributed by atoms with Gasteiger partial charge in [0.25, 0.3) is 5.92 Å². The second-order valence-electron chi connectivity index (χ2n) is 2.82. The number of nitrogen functional groups attached to an aromatic ring is 1. The van der Waals surface area contributed by atoms with E-state index in [1.807, 2.05) is 0 Å². The topological polar surface area (TPSA) is 76.2 Å². The maximum Gasteiger partial charge on any atom is 0.339 e. The zero-order valence-corrected chi connectivity index (χ0v) is 7.29. The molecule has 3 N–H and O–H groups in total. The van der Waals surface area contributed by atoms with Crippen LogP contribution in [0, 0.1) is 0 Å². The lowest BCUT2D eigenvalue weighted by Gasteiger charge is -2.10. The summed E-state index contributed by atoms with van der Waals surface area (Å²) < 4.78 is 25.4. The van der Waals surface area contributed by atoms with Crippen molar-refractivity contribution in [3.8, 4) is 0 Å². The Kier molecular flexibility index (Phi) is 2.37. The van der Waals surface area contributed by atoms with Gasteiger partial charge in [0.05, 0.1) is 0 Å². The van der Waals surface area contributed by atoms with Crippen molar-refractivity contribution in [1.82, 2.24) is 4.98 Å². The molecule has 0 saturated carbocycles. The molecule has 14 heavy (non-hydrogen) atoms. The molecule has 0 unspecified atom stereocenters. The van der Waals surface area contributed by atoms with Gasteiger partial charge in [-0.05, 0) is 12.1 Å². The van der Waals surface area contributed by atoms with Crippen LogP contribution in [0.5, 0.6) is 0 Å². The summed E-state index contributed by atoms with van der Waals surface area (Å²) >= 11 is 0. The van der Waals surface area contributed by atoms with Crippen LogP contribution in [0.15, 0.2) is 12.1 Å². The van der Waals surface area contributed by atoms with Crippen molar-refractivity contribution < 1.29 is 18.7 Å². The fraction of sp³-hybridized carbons (Fsp3) is 0.250. The average molecular weight is 202 g/mol. The number of hydrogen-bond acceptors (Lipinski definition) is 3. The first-order valence-electron chi connectivity index (χ1n) is 3.70. The van der Waals surface area contributed by atoms with E-state index in [2.05, 4.69) is 4.98 Å². The third kappa shape index (κ3) is 1.95. The van der Waals surface area contributed by atoms with E-state index in [4.69, 9.17) is 10.8 Å². The van der Waals surface area contributed by atoms with Crippen molar-refractivity contribution >= 4 is 11.8 Å². The fourth-order valence-corrected chi connectivity index (χ4v) is 0.900. The first-order chi connectivity index (χ1) is 6.32. The molecule has 0 bridgehead atoms. The zero-order valence-electron chi connectivity index (χ0n) is 7.29. The number of carbonyl (C=O) groups is 1. The van der Waals surface area contributed by atoms with Crippen molar-refractivity contribution in [2.24, 2.45) is 0 Å². The highest BCUT2D eigenvalue weighted by molar-refractivity contribution is 5.92. The normalized spacial score (nSPS) is 11.4. The number of hydrogen-bond donors (Lipinski definition) is 2. The smallest absolute Gasteiger partial charge is 0.339 e. The predicted octanol–water partition coefficient (Wildman–Crippen LogP) is 1.47. The van der Waals surface area contributed by atoms with E-state index in [0.29, 0.717) is 6.92 Å². The van der Waals surface area contributed by atoms with Crippen LogP contribution in [0.2, 0.25) is 0 Å². The van der Waals surface area contributed by atoms with E-state index in [1.54, 1.807) is 0 Å². The number of rotatable bonds is 2. The minimum atomic E-state index is -3.12. The summed E-state index contributed by atoms with van der Waals surface area (Å²) in [4.78, 5) is 13.8. The molecule has 1 rings (SSSR count). The number of aromatic carboxylic acids is 1. The Balaban J connectivity index is 3.20. The molecule has 4 nitrogen and oxygen atoms in total. The summed E-state index contributed by atoms with van der Waals surface area (Å²) in [5, 5.41) is 8.55. The number of aromatic nitrogens is 1. The highest BCUT2D eigenvalue weighted by atomic mass is 19.3. The third-order valence-electron chi connectivity index (χ3n) is 1.60. The molecule has 0 atom stereocenters. The van der Waals surface area contributed by atoms with Crippen LogP contribution in [0.3, 0.4) is 0 Å². The summed E-state index contributed by atoms with van der Waals surface area (Å²) in [6, 6.07) is 1.96. The number of alkyl halides is 2. The van der Waals surface area contributed by atoms with Gasteiger partial charge >= 0.3 is 5.97 Å². The lowest BCUT2D eigenvalue weighted by molar-refractivity contribution is 0.0128. The first kappa shape index (κ1) is 10.4. The van der Waals surface area contributed by atoms with E-state index in [0.717, 1.165) is 12.1 Å². The largest absolute Gasteiger partial charge is 0.478 e. The predicted molar refractivity (Wildman–Crippen MR) is 45.2 cm³/mol. The number of carboxylic acid groups (broad SMARTS) is 1. The number of anilines is 1. The SMILES string of the molecule is CC(F)(F)c1ccc(C(=O)O)c(N)n1. The van der Waals surface area contributed by atoms with Crippen LogP contribution in [0.4, 0.5) is 14.6 Å². The summed E-state index contributed by atoms with van der Waals surface area (Å²) in [7, 11) is 0. The lowest BCUT2D eigenvalue weighted by Crippen LogP contribution is -2.13. The Labute approximate surface area is 78.4 Å². The van der Waals surface area contributed by atoms with Crippen molar-refractivity contribution in [1.29, 1.82) is 0 Å². The second-order valence-corrected chi connectivity index (χ2v) is 2.82. The van der Waals surface area contributed by atoms with Crippen LogP contribution in [0.1, 0.15) is 23.0 Å². The van der Waals surface area contributed by atoms with Gasteiger partial charge in [0.2, 0.25) is 0 Å². The molecule has 6 heteroatoms. The van der Waals surface area contributed by atoms with Gasteiger partial charge in [-0.25, -0.2) is 9.78 Å². The molecule has 0 aliphatic heterocycles. The highest BCUT2D eigenvalue weighted by Gasteiger charge is 2.27. The highest BCUT2D eigenvalue weighted by Crippen LogP contribution is 2.26. The molecule has 1 heterocycles. The molecule has 1 aromatic heterocycles. The summed E-state index contributed by atoms with van der Waals surface area (Å²) in [5.41, 5.74) is 4.37. The Hall–Kier alpha value is -1.72. The Morgan fingerprint density at radius 1 is 1.57 bits per heavy atom. The number of nitrogens with two attached hydrogens (primary N) is 1. The van der Waals surface area contributed by atoms with Crippen LogP contribution in [0.25, 0.3) is 0 Å². The molecule has 0 fully saturated rings. The van der Waals surface area contributed by atoms with E-state index in [1.165, 1.54) is 0 Å². The average Bonchev–Trinajstić information content (AvgIpc) is 2.01. The number of nitrogens with zero attached hydrogens (tertiary/aromatic N) is 1. The summed E-state index contributed by atoms with van der Waals surface area (Å²) in [6.07, 6.45) is 0. The Morgan fingerprint density at radius 3 is 2.50 bits per heavy atom. The number of pyridine rings is 1. The van der Waals surface area contributed by atoms with E-state index in [-0.39, 0.29) is 5.56 Å². The van der Waals surface area contributed by atoms with E-state index < -0.39 is 23.4 Å². The molecule has 0 radical (unpaired) electrons. The van der Waals surface area contributed by atoms with Crippen LogP contribution < -0.4 is 5.73 Å². The molecular weight excluding hydrogens is 194 g/mol. The molecular formula is C8H8F2N2O2. The molecule has 76 valence electrons. The van der Waals surface area contributed by atoms with Gasteiger partial charge in [0.15, 0.2) is 0 Å². The summed E-state index contributed by atoms with van der Waals surface area (Å²) in [6.45, 7) is 0.662. The Morgan fingerprint density at radius 2 is 2.14 bits per heavy atom. The van der Waals surface area contributed by atoms with Crippen LogP contribution >= 0.6 is 0 Å². The van der Waals surface area contributed by atoms with E-state index in [9.17, 15) is 13.6 Å². The van der Waals surface area contributed by atoms with Crippen molar-refractivity contribution in [2.75, 3.05) is 5.73 Å². The minimum absolute atomic E-state index is 0.280. The molecule has 0 spiro atoms. The van der Waals surface area contributed by atoms with Gasteiger partial charge in [-0.3, -0.25) is 0 Å².